The van der Waals surface area contributed by atoms with Gasteiger partial charge in [0.25, 0.3) is 11.7 Å². The zero-order valence-electron chi connectivity index (χ0n) is 18.1. The van der Waals surface area contributed by atoms with Crippen molar-refractivity contribution in [2.45, 2.75) is 6.04 Å². The highest BCUT2D eigenvalue weighted by atomic mass is 16.6. The molecule has 1 aromatic heterocycles. The molecular weight excluding hydrogens is 426 g/mol. The van der Waals surface area contributed by atoms with Gasteiger partial charge in [0, 0.05) is 44.1 Å². The molecule has 33 heavy (non-hydrogen) atoms. The average molecular weight is 451 g/mol. The molecular formula is C24H25N3O6. The molecule has 0 unspecified atom stereocenters. The maximum absolute atomic E-state index is 13.1. The number of nitrogens with zero attached hydrogens (tertiary/aromatic N) is 3. The number of carbonyl (C=O) groups is 2. The molecule has 4 heterocycles. The number of aliphatic hydroxyl groups is 1. The first-order valence-corrected chi connectivity index (χ1v) is 11.0. The molecule has 9 heteroatoms. The number of hydrogen-bond donors (Lipinski definition) is 1. The van der Waals surface area contributed by atoms with Crippen molar-refractivity contribution in [3.05, 3.63) is 59.4 Å². The molecule has 0 bridgehead atoms. The molecule has 1 amide bonds. The Bertz CT molecular complexity index is 1080. The largest absolute Gasteiger partial charge is 0.507 e. The number of pyridine rings is 1. The summed E-state index contributed by atoms with van der Waals surface area (Å²) in [5.74, 6) is -0.514. The van der Waals surface area contributed by atoms with E-state index in [9.17, 15) is 14.7 Å². The van der Waals surface area contributed by atoms with Gasteiger partial charge in [-0.1, -0.05) is 6.07 Å². The Balaban J connectivity index is 1.52. The Kier molecular flexibility index (Phi) is 5.97. The van der Waals surface area contributed by atoms with Crippen LogP contribution in [0.25, 0.3) is 5.76 Å². The van der Waals surface area contributed by atoms with Crippen LogP contribution in [0.2, 0.25) is 0 Å². The molecule has 1 N–H and O–H groups in total. The third-order valence-electron chi connectivity index (χ3n) is 6.12. The topological polar surface area (TPSA) is 101 Å². The highest BCUT2D eigenvalue weighted by Gasteiger charge is 2.46. The molecule has 5 rings (SSSR count). The van der Waals surface area contributed by atoms with E-state index in [1.807, 2.05) is 6.07 Å². The summed E-state index contributed by atoms with van der Waals surface area (Å²) in [7, 11) is 0. The fraction of sp³-hybridized carbons (Fsp3) is 0.375. The van der Waals surface area contributed by atoms with Gasteiger partial charge in [0.15, 0.2) is 11.5 Å². The van der Waals surface area contributed by atoms with Crippen molar-refractivity contribution in [1.82, 2.24) is 14.8 Å². The van der Waals surface area contributed by atoms with Crippen LogP contribution in [0.5, 0.6) is 11.5 Å². The average Bonchev–Trinajstić information content (AvgIpc) is 3.12. The first kappa shape index (κ1) is 21.4. The molecule has 2 saturated heterocycles. The molecule has 9 nitrogen and oxygen atoms in total. The van der Waals surface area contributed by atoms with E-state index in [1.54, 1.807) is 36.7 Å². The Morgan fingerprint density at radius 1 is 1.03 bits per heavy atom. The Morgan fingerprint density at radius 2 is 1.82 bits per heavy atom. The number of ether oxygens (including phenoxy) is 3. The third-order valence-corrected chi connectivity index (χ3v) is 6.12. The summed E-state index contributed by atoms with van der Waals surface area (Å²) in [6.45, 7) is 4.66. The van der Waals surface area contributed by atoms with Crippen LogP contribution in [-0.4, -0.2) is 84.2 Å². The van der Waals surface area contributed by atoms with E-state index in [1.165, 1.54) is 4.90 Å². The lowest BCUT2D eigenvalue weighted by molar-refractivity contribution is -0.140. The molecule has 3 aliphatic heterocycles. The van der Waals surface area contributed by atoms with Gasteiger partial charge in [0.05, 0.1) is 24.8 Å². The Morgan fingerprint density at radius 3 is 2.58 bits per heavy atom. The van der Waals surface area contributed by atoms with Gasteiger partial charge in [-0.05, 0) is 29.8 Å². The molecule has 2 aromatic rings. The maximum Gasteiger partial charge on any atom is 0.295 e. The molecule has 3 aliphatic rings. The second kappa shape index (κ2) is 9.21. The van der Waals surface area contributed by atoms with E-state index in [-0.39, 0.29) is 11.3 Å². The van der Waals surface area contributed by atoms with Gasteiger partial charge in [-0.25, -0.2) is 0 Å². The van der Waals surface area contributed by atoms with Crippen molar-refractivity contribution < 1.29 is 28.9 Å². The fourth-order valence-corrected chi connectivity index (χ4v) is 4.41. The first-order chi connectivity index (χ1) is 16.1. The number of benzene rings is 1. The maximum atomic E-state index is 13.1. The van der Waals surface area contributed by atoms with Crippen LogP contribution in [0.15, 0.2) is 48.3 Å². The predicted octanol–water partition coefficient (Wildman–Crippen LogP) is 1.61. The van der Waals surface area contributed by atoms with E-state index < -0.39 is 17.7 Å². The Hall–Kier alpha value is -3.43. The van der Waals surface area contributed by atoms with Gasteiger partial charge in [-0.2, -0.15) is 0 Å². The second-order valence-corrected chi connectivity index (χ2v) is 8.09. The third kappa shape index (κ3) is 4.17. The van der Waals surface area contributed by atoms with Crippen molar-refractivity contribution >= 4 is 17.4 Å². The van der Waals surface area contributed by atoms with E-state index in [4.69, 9.17) is 14.2 Å². The molecule has 2 fully saturated rings. The predicted molar refractivity (Wildman–Crippen MR) is 118 cm³/mol. The van der Waals surface area contributed by atoms with Crippen LogP contribution >= 0.6 is 0 Å². The number of amides is 1. The number of carbonyl (C=O) groups excluding carboxylic acids is 2. The van der Waals surface area contributed by atoms with E-state index in [0.29, 0.717) is 62.1 Å². The highest BCUT2D eigenvalue weighted by Crippen LogP contribution is 2.40. The van der Waals surface area contributed by atoms with Crippen LogP contribution in [0, 0.1) is 0 Å². The van der Waals surface area contributed by atoms with E-state index >= 15 is 0 Å². The van der Waals surface area contributed by atoms with Gasteiger partial charge in [-0.15, -0.1) is 0 Å². The summed E-state index contributed by atoms with van der Waals surface area (Å²) < 4.78 is 16.6. The van der Waals surface area contributed by atoms with E-state index in [0.717, 1.165) is 13.1 Å². The summed E-state index contributed by atoms with van der Waals surface area (Å²) >= 11 is 0. The highest BCUT2D eigenvalue weighted by molar-refractivity contribution is 6.46. The van der Waals surface area contributed by atoms with Crippen LogP contribution in [0.1, 0.15) is 17.2 Å². The SMILES string of the molecule is O=C1C(=O)N(CCN2CCOCC2)[C@H](c2cccnc2)C1=C(O)c1ccc2c(c1)OCCO2. The van der Waals surface area contributed by atoms with Crippen molar-refractivity contribution in [3.63, 3.8) is 0 Å². The van der Waals surface area contributed by atoms with Crippen molar-refractivity contribution in [1.29, 1.82) is 0 Å². The van der Waals surface area contributed by atoms with Gasteiger partial charge in [0.1, 0.15) is 19.0 Å². The number of morpholine rings is 1. The number of ketones is 1. The van der Waals surface area contributed by atoms with Crippen LogP contribution in [0.3, 0.4) is 0 Å². The smallest absolute Gasteiger partial charge is 0.295 e. The number of likely N-dealkylation sites (tertiary alicyclic amines) is 1. The summed E-state index contributed by atoms with van der Waals surface area (Å²) in [6, 6.07) is 7.81. The zero-order chi connectivity index (χ0) is 22.8. The van der Waals surface area contributed by atoms with Crippen LogP contribution < -0.4 is 9.47 Å². The van der Waals surface area contributed by atoms with Gasteiger partial charge in [-0.3, -0.25) is 19.5 Å². The minimum Gasteiger partial charge on any atom is -0.507 e. The number of hydrogen-bond acceptors (Lipinski definition) is 8. The summed E-state index contributed by atoms with van der Waals surface area (Å²) in [5.41, 5.74) is 1.10. The van der Waals surface area contributed by atoms with Gasteiger partial charge >= 0.3 is 0 Å². The minimum atomic E-state index is -0.729. The number of fused-ring (bicyclic) bond motifs is 1. The first-order valence-electron chi connectivity index (χ1n) is 11.0. The summed E-state index contributed by atoms with van der Waals surface area (Å²) in [6.07, 6.45) is 3.25. The summed E-state index contributed by atoms with van der Waals surface area (Å²) in [4.78, 5) is 34.1. The van der Waals surface area contributed by atoms with Crippen molar-refractivity contribution in [2.24, 2.45) is 0 Å². The standard InChI is InChI=1S/C24H25N3O6/c28-22(16-3-4-18-19(14-16)33-13-12-32-18)20-21(17-2-1-5-25-15-17)27(24(30)23(20)29)7-6-26-8-10-31-11-9-26/h1-5,14-15,21,28H,6-13H2/t21-/m1/s1. The number of aliphatic hydroxyl groups excluding tert-OH is 1. The van der Waals surface area contributed by atoms with Gasteiger partial charge < -0.3 is 24.2 Å². The Labute approximate surface area is 191 Å². The monoisotopic (exact) mass is 451 g/mol. The molecule has 172 valence electrons. The second-order valence-electron chi connectivity index (χ2n) is 8.09. The molecule has 0 spiro atoms. The molecule has 0 aliphatic carbocycles. The summed E-state index contributed by atoms with van der Waals surface area (Å²) in [5, 5.41) is 11.2. The molecule has 1 atom stereocenters. The lowest BCUT2D eigenvalue weighted by Gasteiger charge is -2.30. The quantitative estimate of drug-likeness (QED) is 0.416. The fourth-order valence-electron chi connectivity index (χ4n) is 4.41. The van der Waals surface area contributed by atoms with Crippen molar-refractivity contribution in [3.8, 4) is 11.5 Å². The number of aromatic nitrogens is 1. The number of rotatable bonds is 5. The van der Waals surface area contributed by atoms with Crippen LogP contribution in [-0.2, 0) is 14.3 Å². The normalized spacial score (nSPS) is 22.5. The van der Waals surface area contributed by atoms with Crippen LogP contribution in [0.4, 0.5) is 0 Å². The van der Waals surface area contributed by atoms with Gasteiger partial charge in [0.2, 0.25) is 0 Å². The minimum absolute atomic E-state index is 0.0478. The zero-order valence-corrected chi connectivity index (χ0v) is 18.1. The molecule has 0 saturated carbocycles. The lowest BCUT2D eigenvalue weighted by atomic mass is 9.96. The van der Waals surface area contributed by atoms with E-state index in [2.05, 4.69) is 9.88 Å². The number of Topliss-reactive ketones (excluding diaryl/α,β-unsaturated/α-hetero) is 1. The molecule has 0 radical (unpaired) electrons. The molecule has 1 aromatic carbocycles. The van der Waals surface area contributed by atoms with Crippen molar-refractivity contribution in [2.75, 3.05) is 52.6 Å². The lowest BCUT2D eigenvalue weighted by Crippen LogP contribution is -2.42.